The molecule has 0 saturated carbocycles. The molecule has 26 heavy (non-hydrogen) atoms. The van der Waals surface area contributed by atoms with Crippen molar-refractivity contribution in [2.75, 3.05) is 7.11 Å². The highest BCUT2D eigenvalue weighted by Gasteiger charge is 2.24. The van der Waals surface area contributed by atoms with Gasteiger partial charge in [-0.3, -0.25) is 15.1 Å². The molecule has 4 rings (SSSR count). The summed E-state index contributed by atoms with van der Waals surface area (Å²) in [6, 6.07) is 14.9. The molecule has 7 heteroatoms. The number of benzene rings is 2. The van der Waals surface area contributed by atoms with Gasteiger partial charge in [0.25, 0.3) is 5.56 Å². The lowest BCUT2D eigenvalue weighted by Crippen LogP contribution is -2.24. The highest BCUT2D eigenvalue weighted by atomic mass is 16.7. The normalized spacial score (nSPS) is 18.2. The van der Waals surface area contributed by atoms with Crippen LogP contribution in [0.25, 0.3) is 10.9 Å². The van der Waals surface area contributed by atoms with Crippen molar-refractivity contribution in [3.05, 3.63) is 70.3 Å². The maximum Gasteiger partial charge on any atom is 0.282 e. The maximum absolute atomic E-state index is 12.7. The molecule has 1 unspecified atom stereocenters. The van der Waals surface area contributed by atoms with E-state index >= 15 is 0 Å². The minimum Gasteiger partial charge on any atom is -0.497 e. The van der Waals surface area contributed by atoms with Crippen LogP contribution < -0.4 is 15.8 Å². The van der Waals surface area contributed by atoms with Crippen LogP contribution >= 0.6 is 0 Å². The van der Waals surface area contributed by atoms with E-state index in [1.165, 1.54) is 4.68 Å². The number of rotatable bonds is 3. The van der Waals surface area contributed by atoms with Gasteiger partial charge in [0.05, 0.1) is 18.0 Å². The van der Waals surface area contributed by atoms with Crippen LogP contribution in [0.5, 0.6) is 5.75 Å². The Balaban J connectivity index is 1.63. The molecule has 0 spiro atoms. The topological polar surface area (TPSA) is 77.7 Å². The first kappa shape index (κ1) is 16.3. The van der Waals surface area contributed by atoms with E-state index in [-0.39, 0.29) is 11.7 Å². The van der Waals surface area contributed by atoms with Gasteiger partial charge in [-0.1, -0.05) is 24.3 Å². The Morgan fingerprint density at radius 2 is 2.00 bits per heavy atom. The first-order chi connectivity index (χ1) is 12.7. The number of hydrogen-bond donors (Lipinski definition) is 1. The fourth-order valence-corrected chi connectivity index (χ4v) is 2.94. The van der Waals surface area contributed by atoms with Crippen LogP contribution in [0.3, 0.4) is 0 Å². The zero-order chi connectivity index (χ0) is 18.1. The van der Waals surface area contributed by atoms with Crippen molar-refractivity contribution in [1.29, 1.82) is 0 Å². The van der Waals surface area contributed by atoms with Crippen molar-refractivity contribution < 1.29 is 9.57 Å². The molecule has 1 fully saturated rings. The molecule has 1 atom stereocenters. The highest BCUT2D eigenvalue weighted by molar-refractivity contribution is 5.83. The van der Waals surface area contributed by atoms with Crippen LogP contribution in [0.15, 0.2) is 58.4 Å². The van der Waals surface area contributed by atoms with E-state index in [2.05, 4.69) is 15.6 Å². The summed E-state index contributed by atoms with van der Waals surface area (Å²) in [5.74, 6) is 1.89. The number of nitrogens with one attached hydrogen (secondary N) is 1. The van der Waals surface area contributed by atoms with E-state index in [1.54, 1.807) is 20.1 Å². The smallest absolute Gasteiger partial charge is 0.282 e. The molecule has 0 radical (unpaired) electrons. The predicted molar refractivity (Wildman–Crippen MR) is 98.1 cm³/mol. The third-order valence-electron chi connectivity index (χ3n) is 4.32. The van der Waals surface area contributed by atoms with Gasteiger partial charge in [-0.2, -0.15) is 4.68 Å². The van der Waals surface area contributed by atoms with Crippen molar-refractivity contribution in [2.24, 2.45) is 5.10 Å². The van der Waals surface area contributed by atoms with E-state index in [1.807, 2.05) is 42.5 Å². The number of hydrogen-bond acceptors (Lipinski definition) is 5. The van der Waals surface area contributed by atoms with E-state index in [4.69, 9.17) is 9.57 Å². The molecular weight excluding hydrogens is 332 g/mol. The van der Waals surface area contributed by atoms with E-state index in [9.17, 15) is 4.79 Å². The van der Waals surface area contributed by atoms with E-state index < -0.39 is 0 Å². The van der Waals surface area contributed by atoms with Crippen LogP contribution in [0.4, 0.5) is 0 Å². The summed E-state index contributed by atoms with van der Waals surface area (Å²) in [5, 5.41) is 4.95. The molecule has 1 N–H and O–H groups in total. The van der Waals surface area contributed by atoms with Gasteiger partial charge in [0.2, 0.25) is 0 Å². The molecule has 7 nitrogen and oxygen atoms in total. The predicted octanol–water partition coefficient (Wildman–Crippen LogP) is 2.54. The number of nitrogens with zero attached hydrogens (tertiary/aromatic N) is 3. The number of amidine groups is 1. The van der Waals surface area contributed by atoms with Crippen molar-refractivity contribution in [2.45, 2.75) is 19.4 Å². The van der Waals surface area contributed by atoms with Gasteiger partial charge in [0, 0.05) is 6.42 Å². The number of methoxy groups -OCH3 is 1. The third kappa shape index (κ3) is 2.93. The fraction of sp³-hybridized carbons (Fsp3) is 0.211. The highest BCUT2D eigenvalue weighted by Crippen LogP contribution is 2.26. The second-order valence-electron chi connectivity index (χ2n) is 6.03. The summed E-state index contributed by atoms with van der Waals surface area (Å²) in [6.45, 7) is 1.76. The number of ether oxygens (including phenoxy) is 1. The van der Waals surface area contributed by atoms with Gasteiger partial charge in [0.15, 0.2) is 0 Å². The monoisotopic (exact) mass is 350 g/mol. The Bertz CT molecular complexity index is 1040. The summed E-state index contributed by atoms with van der Waals surface area (Å²) in [6.07, 6.45) is 0.356. The van der Waals surface area contributed by atoms with Crippen LogP contribution in [0.2, 0.25) is 0 Å². The lowest BCUT2D eigenvalue weighted by molar-refractivity contribution is 0.0447. The molecule has 132 valence electrons. The molecule has 3 aromatic rings. The first-order valence-electron chi connectivity index (χ1n) is 8.27. The Hall–Kier alpha value is -3.19. The number of fused-ring (bicyclic) bond motifs is 1. The van der Waals surface area contributed by atoms with Crippen molar-refractivity contribution in [1.82, 2.24) is 15.1 Å². The number of para-hydroxylation sites is 1. The first-order valence-corrected chi connectivity index (χ1v) is 8.27. The van der Waals surface area contributed by atoms with Crippen molar-refractivity contribution in [3.8, 4) is 5.75 Å². The maximum atomic E-state index is 12.7. The lowest BCUT2D eigenvalue weighted by atomic mass is 10.1. The summed E-state index contributed by atoms with van der Waals surface area (Å²) < 4.78 is 6.48. The molecule has 0 amide bonds. The van der Waals surface area contributed by atoms with Crippen LogP contribution in [0, 0.1) is 6.92 Å². The molecule has 1 aliphatic rings. The van der Waals surface area contributed by atoms with Gasteiger partial charge in [-0.25, -0.2) is 4.98 Å². The Labute approximate surface area is 149 Å². The largest absolute Gasteiger partial charge is 0.497 e. The SMILES string of the molecule is COc1ccc(C2C/C(=N/n3c(C)nc4ccccc4c3=O)NO2)cc1. The molecule has 2 heterocycles. The van der Waals surface area contributed by atoms with Gasteiger partial charge < -0.3 is 4.74 Å². The molecule has 0 bridgehead atoms. The third-order valence-corrected chi connectivity index (χ3v) is 4.32. The van der Waals surface area contributed by atoms with Crippen LogP contribution in [-0.2, 0) is 4.84 Å². The lowest BCUT2D eigenvalue weighted by Gasteiger charge is -2.07. The summed E-state index contributed by atoms with van der Waals surface area (Å²) in [7, 11) is 1.63. The summed E-state index contributed by atoms with van der Waals surface area (Å²) in [4.78, 5) is 22.7. The van der Waals surface area contributed by atoms with Crippen LogP contribution in [-0.4, -0.2) is 22.6 Å². The Morgan fingerprint density at radius 1 is 1.23 bits per heavy atom. The molecule has 1 aromatic heterocycles. The average molecular weight is 350 g/mol. The van der Waals surface area contributed by atoms with Gasteiger partial charge >= 0.3 is 0 Å². The summed E-state index contributed by atoms with van der Waals surface area (Å²) >= 11 is 0. The standard InChI is InChI=1S/C19H18N4O3/c1-12-20-16-6-4-3-5-15(16)19(24)23(12)21-18-11-17(26-22-18)13-7-9-14(25-2)10-8-13/h3-10,17H,11H2,1-2H3,(H,21,22). The van der Waals surface area contributed by atoms with E-state index in [0.29, 0.717) is 29.0 Å². The van der Waals surface area contributed by atoms with E-state index in [0.717, 1.165) is 11.3 Å². The molecule has 1 saturated heterocycles. The zero-order valence-corrected chi connectivity index (χ0v) is 14.5. The van der Waals surface area contributed by atoms with Crippen LogP contribution in [0.1, 0.15) is 23.9 Å². The van der Waals surface area contributed by atoms with Gasteiger partial charge in [-0.05, 0) is 36.8 Å². The quantitative estimate of drug-likeness (QED) is 0.785. The minimum absolute atomic E-state index is 0.177. The Morgan fingerprint density at radius 3 is 2.77 bits per heavy atom. The second kappa shape index (κ2) is 6.61. The molecule has 2 aromatic carbocycles. The average Bonchev–Trinajstić information content (AvgIpc) is 3.14. The minimum atomic E-state index is -0.199. The summed E-state index contributed by atoms with van der Waals surface area (Å²) in [5.41, 5.74) is 4.29. The number of hydroxylamine groups is 1. The Kier molecular flexibility index (Phi) is 4.14. The fourth-order valence-electron chi connectivity index (χ4n) is 2.94. The second-order valence-corrected chi connectivity index (χ2v) is 6.03. The van der Waals surface area contributed by atoms with Gasteiger partial charge in [-0.15, -0.1) is 5.10 Å². The zero-order valence-electron chi connectivity index (χ0n) is 14.5. The molecule has 1 aliphatic heterocycles. The molecule has 0 aliphatic carbocycles. The number of aromatic nitrogens is 2. The van der Waals surface area contributed by atoms with Gasteiger partial charge in [0.1, 0.15) is 23.5 Å². The molecular formula is C19H18N4O3. The number of aryl methyl sites for hydroxylation is 1. The van der Waals surface area contributed by atoms with Crippen molar-refractivity contribution >= 4 is 16.7 Å². The van der Waals surface area contributed by atoms with Crippen molar-refractivity contribution in [3.63, 3.8) is 0 Å².